The molecule has 0 spiro atoms. The molecule has 1 aliphatic rings. The highest BCUT2D eigenvalue weighted by Crippen LogP contribution is 1.97. The monoisotopic (exact) mass is 201 g/mol. The molecule has 0 bridgehead atoms. The summed E-state index contributed by atoms with van der Waals surface area (Å²) in [6, 6.07) is -0.661. The van der Waals surface area contributed by atoms with E-state index in [1.807, 2.05) is 0 Å². The largest absolute Gasteiger partial charge is 0.465 e. The number of hydrogen-bond acceptors (Lipinski definition) is 3. The number of nitrogens with zero attached hydrogens (tertiary/aromatic N) is 1. The zero-order valence-corrected chi connectivity index (χ0v) is 8.12. The van der Waals surface area contributed by atoms with Crippen molar-refractivity contribution in [2.75, 3.05) is 26.2 Å². The molecule has 14 heavy (non-hydrogen) atoms. The fourth-order valence-corrected chi connectivity index (χ4v) is 1.41. The molecule has 0 aromatic rings. The summed E-state index contributed by atoms with van der Waals surface area (Å²) >= 11 is 0. The molecule has 1 atom stereocenters. The van der Waals surface area contributed by atoms with Crippen LogP contribution in [0.4, 0.5) is 4.79 Å². The number of piperazine rings is 1. The molecule has 6 heteroatoms. The average molecular weight is 201 g/mol. The van der Waals surface area contributed by atoms with E-state index in [-0.39, 0.29) is 5.91 Å². The molecule has 80 valence electrons. The average Bonchev–Trinajstić information content (AvgIpc) is 2.17. The van der Waals surface area contributed by atoms with Gasteiger partial charge in [0.1, 0.15) is 6.04 Å². The van der Waals surface area contributed by atoms with E-state index >= 15 is 0 Å². The van der Waals surface area contributed by atoms with Gasteiger partial charge in [0.2, 0.25) is 5.91 Å². The first-order valence-corrected chi connectivity index (χ1v) is 4.60. The maximum atomic E-state index is 11.6. The van der Waals surface area contributed by atoms with Gasteiger partial charge in [-0.05, 0) is 6.92 Å². The lowest BCUT2D eigenvalue weighted by Crippen LogP contribution is -2.52. The topological polar surface area (TPSA) is 81.7 Å². The fraction of sp³-hybridized carbons (Fsp3) is 0.750. The zero-order chi connectivity index (χ0) is 10.6. The standard InChI is InChI=1S/C8H15N3O3/c1-6(10-8(13)14)7(12)11-4-2-9-3-5-11/h6,9-10H,2-5H2,1H3,(H,13,14)/t6-/m0/s1. The number of hydrogen-bond donors (Lipinski definition) is 3. The summed E-state index contributed by atoms with van der Waals surface area (Å²) in [7, 11) is 0. The fourth-order valence-electron chi connectivity index (χ4n) is 1.41. The van der Waals surface area contributed by atoms with Crippen LogP contribution in [-0.2, 0) is 4.79 Å². The van der Waals surface area contributed by atoms with Crippen molar-refractivity contribution in [2.24, 2.45) is 0 Å². The molecular weight excluding hydrogens is 186 g/mol. The van der Waals surface area contributed by atoms with E-state index in [4.69, 9.17) is 5.11 Å². The van der Waals surface area contributed by atoms with Crippen molar-refractivity contribution in [3.63, 3.8) is 0 Å². The summed E-state index contributed by atoms with van der Waals surface area (Å²) < 4.78 is 0. The van der Waals surface area contributed by atoms with Crippen molar-refractivity contribution in [3.8, 4) is 0 Å². The quantitative estimate of drug-likeness (QED) is 0.539. The molecule has 1 rings (SSSR count). The maximum Gasteiger partial charge on any atom is 0.405 e. The highest BCUT2D eigenvalue weighted by Gasteiger charge is 2.22. The Bertz CT molecular complexity index is 226. The lowest BCUT2D eigenvalue weighted by atomic mass is 10.2. The molecule has 0 aliphatic carbocycles. The smallest absolute Gasteiger partial charge is 0.405 e. The SMILES string of the molecule is C[C@H](NC(=O)O)C(=O)N1CCNCC1. The Kier molecular flexibility index (Phi) is 3.70. The van der Waals surface area contributed by atoms with Crippen LogP contribution in [0.25, 0.3) is 0 Å². The number of amides is 2. The second kappa shape index (κ2) is 4.80. The molecule has 1 heterocycles. The van der Waals surface area contributed by atoms with E-state index < -0.39 is 12.1 Å². The van der Waals surface area contributed by atoms with Crippen LogP contribution in [0.5, 0.6) is 0 Å². The number of rotatable bonds is 2. The van der Waals surface area contributed by atoms with E-state index in [9.17, 15) is 9.59 Å². The Morgan fingerprint density at radius 3 is 2.50 bits per heavy atom. The first-order valence-electron chi connectivity index (χ1n) is 4.60. The van der Waals surface area contributed by atoms with Crippen molar-refractivity contribution in [1.82, 2.24) is 15.5 Å². The van der Waals surface area contributed by atoms with Crippen LogP contribution in [-0.4, -0.2) is 54.2 Å². The van der Waals surface area contributed by atoms with Crippen LogP contribution in [0, 0.1) is 0 Å². The predicted molar refractivity (Wildman–Crippen MR) is 50.1 cm³/mol. The molecule has 1 saturated heterocycles. The number of carbonyl (C=O) groups is 2. The van der Waals surface area contributed by atoms with E-state index in [2.05, 4.69) is 10.6 Å². The molecule has 1 aliphatic heterocycles. The first kappa shape index (κ1) is 10.8. The molecule has 0 saturated carbocycles. The van der Waals surface area contributed by atoms with Gasteiger partial charge in [0.15, 0.2) is 0 Å². The van der Waals surface area contributed by atoms with Gasteiger partial charge in [0.05, 0.1) is 0 Å². The van der Waals surface area contributed by atoms with Gasteiger partial charge in [-0.15, -0.1) is 0 Å². The van der Waals surface area contributed by atoms with E-state index in [0.717, 1.165) is 13.1 Å². The van der Waals surface area contributed by atoms with Crippen molar-refractivity contribution in [2.45, 2.75) is 13.0 Å². The summed E-state index contributed by atoms with van der Waals surface area (Å²) in [4.78, 5) is 23.6. The van der Waals surface area contributed by atoms with Crippen LogP contribution in [0.3, 0.4) is 0 Å². The second-order valence-corrected chi connectivity index (χ2v) is 3.25. The van der Waals surface area contributed by atoms with Gasteiger partial charge in [0.25, 0.3) is 0 Å². The molecule has 2 amide bonds. The third-order valence-electron chi connectivity index (χ3n) is 2.14. The van der Waals surface area contributed by atoms with Crippen molar-refractivity contribution in [1.29, 1.82) is 0 Å². The Morgan fingerprint density at radius 2 is 2.00 bits per heavy atom. The Hall–Kier alpha value is -1.30. The number of carboxylic acid groups (broad SMARTS) is 1. The highest BCUT2D eigenvalue weighted by molar-refractivity contribution is 5.84. The van der Waals surface area contributed by atoms with Gasteiger partial charge < -0.3 is 20.6 Å². The van der Waals surface area contributed by atoms with Gasteiger partial charge in [-0.25, -0.2) is 4.79 Å². The van der Waals surface area contributed by atoms with Gasteiger partial charge in [0, 0.05) is 26.2 Å². The number of carbonyl (C=O) groups excluding carboxylic acids is 1. The highest BCUT2D eigenvalue weighted by atomic mass is 16.4. The molecule has 3 N–H and O–H groups in total. The minimum atomic E-state index is -1.17. The van der Waals surface area contributed by atoms with Crippen LogP contribution in [0.15, 0.2) is 0 Å². The summed E-state index contributed by atoms with van der Waals surface area (Å²) in [6.07, 6.45) is -1.17. The van der Waals surface area contributed by atoms with Crippen molar-refractivity contribution < 1.29 is 14.7 Å². The third kappa shape index (κ3) is 2.88. The summed E-state index contributed by atoms with van der Waals surface area (Å²) in [5.74, 6) is -0.158. The first-order chi connectivity index (χ1) is 6.61. The Labute approximate surface area is 82.3 Å². The Morgan fingerprint density at radius 1 is 1.43 bits per heavy atom. The molecule has 6 nitrogen and oxygen atoms in total. The lowest BCUT2D eigenvalue weighted by molar-refractivity contribution is -0.133. The van der Waals surface area contributed by atoms with Crippen molar-refractivity contribution in [3.05, 3.63) is 0 Å². The normalized spacial score (nSPS) is 18.8. The molecule has 0 aromatic carbocycles. The van der Waals surface area contributed by atoms with E-state index in [1.165, 1.54) is 0 Å². The van der Waals surface area contributed by atoms with Crippen LogP contribution in [0.1, 0.15) is 6.92 Å². The van der Waals surface area contributed by atoms with Crippen LogP contribution < -0.4 is 10.6 Å². The minimum absolute atomic E-state index is 0.158. The zero-order valence-electron chi connectivity index (χ0n) is 8.12. The van der Waals surface area contributed by atoms with Gasteiger partial charge in [-0.3, -0.25) is 4.79 Å². The molecule has 0 radical (unpaired) electrons. The second-order valence-electron chi connectivity index (χ2n) is 3.25. The maximum absolute atomic E-state index is 11.6. The number of nitrogens with one attached hydrogen (secondary N) is 2. The minimum Gasteiger partial charge on any atom is -0.465 e. The summed E-state index contributed by atoms with van der Waals surface area (Å²) in [5, 5.41) is 13.7. The van der Waals surface area contributed by atoms with E-state index in [1.54, 1.807) is 11.8 Å². The predicted octanol–water partition coefficient (Wildman–Crippen LogP) is -0.926. The van der Waals surface area contributed by atoms with Crippen molar-refractivity contribution >= 4 is 12.0 Å². The Balaban J connectivity index is 2.42. The summed E-state index contributed by atoms with van der Waals surface area (Å²) in [5.41, 5.74) is 0. The third-order valence-corrected chi connectivity index (χ3v) is 2.14. The molecule has 0 unspecified atom stereocenters. The molecular formula is C8H15N3O3. The van der Waals surface area contributed by atoms with E-state index in [0.29, 0.717) is 13.1 Å². The van der Waals surface area contributed by atoms with Gasteiger partial charge >= 0.3 is 6.09 Å². The molecule has 1 fully saturated rings. The molecule has 0 aromatic heterocycles. The lowest BCUT2D eigenvalue weighted by Gasteiger charge is -2.29. The van der Waals surface area contributed by atoms with Gasteiger partial charge in [-0.2, -0.15) is 0 Å². The van der Waals surface area contributed by atoms with Gasteiger partial charge in [-0.1, -0.05) is 0 Å². The van der Waals surface area contributed by atoms with Crippen LogP contribution >= 0.6 is 0 Å². The summed E-state index contributed by atoms with van der Waals surface area (Å²) in [6.45, 7) is 4.38. The van der Waals surface area contributed by atoms with Crippen LogP contribution in [0.2, 0.25) is 0 Å².